The van der Waals surface area contributed by atoms with Crippen molar-refractivity contribution in [2.24, 2.45) is 0 Å². The Hall–Kier alpha value is -3.15. The molecule has 5 nitrogen and oxygen atoms in total. The summed E-state index contributed by atoms with van der Waals surface area (Å²) >= 11 is 12.5. The van der Waals surface area contributed by atoms with Crippen molar-refractivity contribution < 1.29 is 9.59 Å². The van der Waals surface area contributed by atoms with Gasteiger partial charge in [-0.05, 0) is 42.8 Å². The van der Waals surface area contributed by atoms with Crippen molar-refractivity contribution in [3.63, 3.8) is 0 Å². The van der Waals surface area contributed by atoms with E-state index >= 15 is 0 Å². The summed E-state index contributed by atoms with van der Waals surface area (Å²) in [6, 6.07) is 18.0. The average Bonchev–Trinajstić information content (AvgIpc) is 3.01. The predicted molar refractivity (Wildman–Crippen MR) is 123 cm³/mol. The lowest BCUT2D eigenvalue weighted by Gasteiger charge is -2.25. The van der Waals surface area contributed by atoms with Crippen molar-refractivity contribution in [1.29, 1.82) is 0 Å². The van der Waals surface area contributed by atoms with E-state index in [1.807, 2.05) is 48.2 Å². The molecule has 0 spiro atoms. The van der Waals surface area contributed by atoms with Gasteiger partial charge in [0.1, 0.15) is 5.70 Å². The van der Waals surface area contributed by atoms with Crippen molar-refractivity contribution in [3.8, 4) is 0 Å². The number of benzene rings is 2. The van der Waals surface area contributed by atoms with Crippen molar-refractivity contribution in [1.82, 2.24) is 9.88 Å². The van der Waals surface area contributed by atoms with E-state index < -0.39 is 5.91 Å². The number of hydrogen-bond donors (Lipinski definition) is 0. The molecule has 0 unspecified atom stereocenters. The Morgan fingerprint density at radius 2 is 1.74 bits per heavy atom. The number of carbonyl (C=O) groups is 2. The van der Waals surface area contributed by atoms with Crippen LogP contribution in [0.25, 0.3) is 5.57 Å². The zero-order valence-electron chi connectivity index (χ0n) is 16.8. The van der Waals surface area contributed by atoms with Crippen LogP contribution in [-0.2, 0) is 16.1 Å². The number of para-hydroxylation sites is 1. The number of hydrogen-bond acceptors (Lipinski definition) is 4. The maximum absolute atomic E-state index is 13.6. The second kappa shape index (κ2) is 8.92. The lowest BCUT2D eigenvalue weighted by atomic mass is 10.0. The highest BCUT2D eigenvalue weighted by molar-refractivity contribution is 6.41. The largest absolute Gasteiger partial charge is 0.337 e. The van der Waals surface area contributed by atoms with E-state index in [2.05, 4.69) is 4.98 Å². The smallest absolute Gasteiger partial charge is 0.278 e. The summed E-state index contributed by atoms with van der Waals surface area (Å²) in [7, 11) is 0. The number of anilines is 1. The normalized spacial score (nSPS) is 13.8. The number of carbonyl (C=O) groups excluding carboxylic acids is 2. The summed E-state index contributed by atoms with van der Waals surface area (Å²) < 4.78 is 0. The molecule has 1 aromatic heterocycles. The van der Waals surface area contributed by atoms with E-state index in [1.165, 1.54) is 4.90 Å². The third kappa shape index (κ3) is 4.07. The van der Waals surface area contributed by atoms with Crippen LogP contribution >= 0.6 is 23.2 Å². The van der Waals surface area contributed by atoms with Crippen LogP contribution in [0.3, 0.4) is 0 Å². The molecule has 0 aliphatic carbocycles. The number of pyridine rings is 1. The van der Waals surface area contributed by atoms with Crippen molar-refractivity contribution in [2.75, 3.05) is 11.4 Å². The zero-order valence-corrected chi connectivity index (χ0v) is 18.3. The Kier molecular flexibility index (Phi) is 6.07. The molecule has 0 saturated heterocycles. The summed E-state index contributed by atoms with van der Waals surface area (Å²) in [5.41, 5.74) is 2.61. The number of imide groups is 1. The number of aromatic nitrogens is 1. The fourth-order valence-corrected chi connectivity index (χ4v) is 4.15. The molecule has 2 aromatic carbocycles. The van der Waals surface area contributed by atoms with E-state index in [0.717, 1.165) is 11.3 Å². The van der Waals surface area contributed by atoms with E-state index in [4.69, 9.17) is 23.2 Å². The standard InChI is InChI=1S/C24H19Cl2N3O2/c1-2-28(18-8-4-3-5-9-18)22-21(19-11-10-17(25)13-20(19)26)23(30)29(24(22)31)15-16-7-6-12-27-14-16/h3-14H,2,15H2,1H3. The molecule has 7 heteroatoms. The molecule has 156 valence electrons. The van der Waals surface area contributed by atoms with Crippen LogP contribution in [0, 0.1) is 0 Å². The molecular formula is C24H19Cl2N3O2. The SMILES string of the molecule is CCN(C1=C(c2ccc(Cl)cc2Cl)C(=O)N(Cc2cccnc2)C1=O)c1ccccc1. The van der Waals surface area contributed by atoms with Gasteiger partial charge in [0, 0.05) is 35.2 Å². The molecule has 2 heterocycles. The summed E-state index contributed by atoms with van der Waals surface area (Å²) in [6.07, 6.45) is 3.29. The molecule has 0 radical (unpaired) electrons. The zero-order chi connectivity index (χ0) is 22.0. The first kappa shape index (κ1) is 21.1. The number of halogens is 2. The quantitative estimate of drug-likeness (QED) is 0.483. The van der Waals surface area contributed by atoms with Gasteiger partial charge in [-0.25, -0.2) is 0 Å². The first-order valence-electron chi connectivity index (χ1n) is 9.78. The summed E-state index contributed by atoms with van der Waals surface area (Å²) in [5, 5.41) is 0.767. The van der Waals surface area contributed by atoms with Crippen LogP contribution in [0.2, 0.25) is 10.0 Å². The van der Waals surface area contributed by atoms with E-state index in [9.17, 15) is 9.59 Å². The van der Waals surface area contributed by atoms with E-state index in [-0.39, 0.29) is 18.0 Å². The highest BCUT2D eigenvalue weighted by Crippen LogP contribution is 2.38. The second-order valence-electron chi connectivity index (χ2n) is 6.99. The molecule has 0 N–H and O–H groups in total. The molecule has 1 aliphatic rings. The predicted octanol–water partition coefficient (Wildman–Crippen LogP) is 5.20. The second-order valence-corrected chi connectivity index (χ2v) is 7.83. The Labute approximate surface area is 190 Å². The van der Waals surface area contributed by atoms with Crippen molar-refractivity contribution >= 4 is 46.3 Å². The summed E-state index contributed by atoms with van der Waals surface area (Å²) in [4.78, 5) is 34.3. The van der Waals surface area contributed by atoms with Gasteiger partial charge in [-0.2, -0.15) is 0 Å². The minimum Gasteiger partial charge on any atom is -0.337 e. The van der Waals surface area contributed by atoms with Gasteiger partial charge in [-0.3, -0.25) is 19.5 Å². The molecule has 0 atom stereocenters. The van der Waals surface area contributed by atoms with Crippen LogP contribution in [0.4, 0.5) is 5.69 Å². The molecule has 3 aromatic rings. The monoisotopic (exact) mass is 451 g/mol. The van der Waals surface area contributed by atoms with Crippen LogP contribution in [0.15, 0.2) is 78.8 Å². The molecular weight excluding hydrogens is 433 g/mol. The molecule has 4 rings (SSSR count). The average molecular weight is 452 g/mol. The molecule has 0 fully saturated rings. The Balaban J connectivity index is 1.86. The molecule has 31 heavy (non-hydrogen) atoms. The van der Waals surface area contributed by atoms with Gasteiger partial charge in [-0.1, -0.05) is 53.5 Å². The van der Waals surface area contributed by atoms with Gasteiger partial charge < -0.3 is 4.90 Å². The fraction of sp³-hybridized carbons (Fsp3) is 0.125. The van der Waals surface area contributed by atoms with Crippen LogP contribution in [-0.4, -0.2) is 28.2 Å². The van der Waals surface area contributed by atoms with E-state index in [1.54, 1.807) is 36.7 Å². The van der Waals surface area contributed by atoms with Gasteiger partial charge in [0.15, 0.2) is 0 Å². The Morgan fingerprint density at radius 1 is 0.968 bits per heavy atom. The Bertz CT molecular complexity index is 1160. The maximum atomic E-state index is 13.6. The summed E-state index contributed by atoms with van der Waals surface area (Å²) in [5.74, 6) is -0.775. The van der Waals surface area contributed by atoms with Gasteiger partial charge in [0.2, 0.25) is 0 Å². The first-order chi connectivity index (χ1) is 15.0. The van der Waals surface area contributed by atoms with Crippen molar-refractivity contribution in [3.05, 3.63) is 99.9 Å². The van der Waals surface area contributed by atoms with Crippen molar-refractivity contribution in [2.45, 2.75) is 13.5 Å². The van der Waals surface area contributed by atoms with Gasteiger partial charge in [-0.15, -0.1) is 0 Å². The number of rotatable bonds is 6. The third-order valence-electron chi connectivity index (χ3n) is 5.06. The van der Waals surface area contributed by atoms with Gasteiger partial charge in [0.25, 0.3) is 11.8 Å². The topological polar surface area (TPSA) is 53.5 Å². The minimum absolute atomic E-state index is 0.121. The number of amides is 2. The van der Waals surface area contributed by atoms with Crippen LogP contribution < -0.4 is 4.90 Å². The first-order valence-corrected chi connectivity index (χ1v) is 10.5. The van der Waals surface area contributed by atoms with Crippen LogP contribution in [0.5, 0.6) is 0 Å². The van der Waals surface area contributed by atoms with Crippen LogP contribution in [0.1, 0.15) is 18.1 Å². The third-order valence-corrected chi connectivity index (χ3v) is 5.61. The molecule has 0 bridgehead atoms. The highest BCUT2D eigenvalue weighted by Gasteiger charge is 2.42. The molecule has 1 aliphatic heterocycles. The lowest BCUT2D eigenvalue weighted by Crippen LogP contribution is -2.34. The fourth-order valence-electron chi connectivity index (χ4n) is 3.64. The minimum atomic E-state index is -0.401. The lowest BCUT2D eigenvalue weighted by molar-refractivity contribution is -0.137. The molecule has 0 saturated carbocycles. The maximum Gasteiger partial charge on any atom is 0.278 e. The van der Waals surface area contributed by atoms with E-state index in [0.29, 0.717) is 27.9 Å². The number of likely N-dealkylation sites (N-methyl/N-ethyl adjacent to an activating group) is 1. The van der Waals surface area contributed by atoms with Gasteiger partial charge in [0.05, 0.1) is 17.1 Å². The number of nitrogens with zero attached hydrogens (tertiary/aromatic N) is 3. The summed E-state index contributed by atoms with van der Waals surface area (Å²) in [6.45, 7) is 2.55. The van der Waals surface area contributed by atoms with Gasteiger partial charge >= 0.3 is 0 Å². The highest BCUT2D eigenvalue weighted by atomic mass is 35.5. The molecule has 2 amide bonds. The Morgan fingerprint density at radius 3 is 2.39 bits per heavy atom.